The van der Waals surface area contributed by atoms with Crippen molar-refractivity contribution in [2.45, 2.75) is 26.2 Å². The Morgan fingerprint density at radius 3 is 2.79 bits per heavy atom. The predicted octanol–water partition coefficient (Wildman–Crippen LogP) is 4.52. The molecule has 3 rings (SSSR count). The van der Waals surface area contributed by atoms with Crippen LogP contribution in [-0.2, 0) is 4.74 Å². The first kappa shape index (κ1) is 23.5. The van der Waals surface area contributed by atoms with E-state index in [0.717, 1.165) is 63.8 Å². The highest BCUT2D eigenvalue weighted by atomic mass is 127. The molecule has 158 valence electrons. The van der Waals surface area contributed by atoms with Crippen molar-refractivity contribution in [3.63, 3.8) is 0 Å². The highest BCUT2D eigenvalue weighted by molar-refractivity contribution is 14.0. The van der Waals surface area contributed by atoms with Crippen LogP contribution in [0.2, 0.25) is 0 Å². The Morgan fingerprint density at radius 2 is 2.00 bits per heavy atom. The molecule has 2 aromatic carbocycles. The van der Waals surface area contributed by atoms with E-state index in [0.29, 0.717) is 6.61 Å². The summed E-state index contributed by atoms with van der Waals surface area (Å²) in [4.78, 5) is 4.65. The van der Waals surface area contributed by atoms with Gasteiger partial charge < -0.3 is 20.1 Å². The van der Waals surface area contributed by atoms with E-state index in [9.17, 15) is 0 Å². The van der Waals surface area contributed by atoms with Gasteiger partial charge in [0.25, 0.3) is 0 Å². The third-order valence-corrected chi connectivity index (χ3v) is 4.70. The molecule has 0 saturated carbocycles. The summed E-state index contributed by atoms with van der Waals surface area (Å²) in [7, 11) is 0. The minimum Gasteiger partial charge on any atom is -0.494 e. The van der Waals surface area contributed by atoms with Gasteiger partial charge in [-0.05, 0) is 42.7 Å². The number of hydrogen-bond acceptors (Lipinski definition) is 3. The van der Waals surface area contributed by atoms with Gasteiger partial charge in [0.05, 0.1) is 19.8 Å². The third kappa shape index (κ3) is 8.22. The maximum atomic E-state index is 5.89. The molecule has 6 heteroatoms. The minimum atomic E-state index is 0. The summed E-state index contributed by atoms with van der Waals surface area (Å²) in [6.07, 6.45) is 5.16. The number of guanidine groups is 1. The third-order valence-electron chi connectivity index (χ3n) is 4.70. The number of fused-ring (bicyclic) bond motifs is 1. The van der Waals surface area contributed by atoms with Crippen LogP contribution in [0, 0.1) is 0 Å². The Bertz CT molecular complexity index is 808. The summed E-state index contributed by atoms with van der Waals surface area (Å²) in [5, 5.41) is 9.15. The fourth-order valence-corrected chi connectivity index (χ4v) is 3.18. The summed E-state index contributed by atoms with van der Waals surface area (Å²) in [5.74, 6) is 1.79. The molecule has 1 aliphatic heterocycles. The van der Waals surface area contributed by atoms with E-state index in [2.05, 4.69) is 65.0 Å². The molecule has 0 radical (unpaired) electrons. The molecular weight excluding hydrogens is 477 g/mol. The second-order valence-electron chi connectivity index (χ2n) is 6.84. The van der Waals surface area contributed by atoms with E-state index in [4.69, 9.17) is 9.47 Å². The van der Waals surface area contributed by atoms with E-state index in [-0.39, 0.29) is 24.0 Å². The van der Waals surface area contributed by atoms with Crippen molar-refractivity contribution in [2.75, 3.05) is 39.5 Å². The first-order chi connectivity index (χ1) is 13.8. The van der Waals surface area contributed by atoms with Gasteiger partial charge in [0.15, 0.2) is 5.96 Å². The van der Waals surface area contributed by atoms with Crippen molar-refractivity contribution in [2.24, 2.45) is 4.99 Å². The van der Waals surface area contributed by atoms with Gasteiger partial charge >= 0.3 is 0 Å². The molecule has 0 aromatic heterocycles. The average molecular weight is 509 g/mol. The Morgan fingerprint density at radius 1 is 1.14 bits per heavy atom. The quantitative estimate of drug-likeness (QED) is 0.172. The SMILES string of the molecule is CCNC(=NCCCOc1ccc2ccccc2c1)NCCC1=CCOCC1.I. The van der Waals surface area contributed by atoms with Gasteiger partial charge in [-0.2, -0.15) is 0 Å². The largest absolute Gasteiger partial charge is 0.494 e. The summed E-state index contributed by atoms with van der Waals surface area (Å²) in [5.41, 5.74) is 1.47. The van der Waals surface area contributed by atoms with Gasteiger partial charge in [-0.25, -0.2) is 0 Å². The normalized spacial score (nSPS) is 14.1. The zero-order valence-electron chi connectivity index (χ0n) is 17.2. The topological polar surface area (TPSA) is 54.9 Å². The standard InChI is InChI=1S/C23H31N3O2.HI/c1-2-24-23(26-14-10-19-11-16-27-17-12-19)25-13-5-15-28-22-9-8-20-6-3-4-7-21(20)18-22;/h3-4,6-9,11,18H,2,5,10,12-17H2,1H3,(H2,24,25,26);1H. The highest BCUT2D eigenvalue weighted by Crippen LogP contribution is 2.20. The number of nitrogens with zero attached hydrogens (tertiary/aromatic N) is 1. The average Bonchev–Trinajstić information content (AvgIpc) is 2.74. The van der Waals surface area contributed by atoms with Crippen molar-refractivity contribution in [3.05, 3.63) is 54.1 Å². The summed E-state index contributed by atoms with van der Waals surface area (Å²) in [6, 6.07) is 14.5. The lowest BCUT2D eigenvalue weighted by molar-refractivity contribution is 0.153. The lowest BCUT2D eigenvalue weighted by Crippen LogP contribution is -2.38. The molecule has 5 nitrogen and oxygen atoms in total. The van der Waals surface area contributed by atoms with Crippen LogP contribution < -0.4 is 15.4 Å². The van der Waals surface area contributed by atoms with Crippen molar-refractivity contribution in [3.8, 4) is 5.75 Å². The Kier molecular flexibility index (Phi) is 10.9. The number of benzene rings is 2. The molecule has 1 aliphatic rings. The lowest BCUT2D eigenvalue weighted by Gasteiger charge is -2.15. The number of ether oxygens (including phenoxy) is 2. The maximum absolute atomic E-state index is 5.89. The van der Waals surface area contributed by atoms with Crippen LogP contribution in [0.15, 0.2) is 59.1 Å². The van der Waals surface area contributed by atoms with E-state index in [1.807, 2.05) is 6.07 Å². The van der Waals surface area contributed by atoms with E-state index >= 15 is 0 Å². The van der Waals surface area contributed by atoms with Crippen LogP contribution in [-0.4, -0.2) is 45.4 Å². The fourth-order valence-electron chi connectivity index (χ4n) is 3.18. The second kappa shape index (κ2) is 13.4. The van der Waals surface area contributed by atoms with Crippen LogP contribution >= 0.6 is 24.0 Å². The zero-order chi connectivity index (χ0) is 19.4. The fraction of sp³-hybridized carbons (Fsp3) is 0.435. The number of halogens is 1. The second-order valence-corrected chi connectivity index (χ2v) is 6.84. The molecule has 2 N–H and O–H groups in total. The molecule has 0 bridgehead atoms. The predicted molar refractivity (Wildman–Crippen MR) is 132 cm³/mol. The van der Waals surface area contributed by atoms with Gasteiger partial charge in [-0.15, -0.1) is 24.0 Å². The van der Waals surface area contributed by atoms with Gasteiger partial charge in [0, 0.05) is 26.1 Å². The Balaban J connectivity index is 0.00000300. The minimum absolute atomic E-state index is 0. The highest BCUT2D eigenvalue weighted by Gasteiger charge is 2.04. The lowest BCUT2D eigenvalue weighted by atomic mass is 10.1. The van der Waals surface area contributed by atoms with Crippen LogP contribution in [0.25, 0.3) is 10.8 Å². The van der Waals surface area contributed by atoms with Crippen molar-refractivity contribution < 1.29 is 9.47 Å². The molecule has 0 saturated heterocycles. The summed E-state index contributed by atoms with van der Waals surface area (Å²) < 4.78 is 11.2. The van der Waals surface area contributed by atoms with Gasteiger partial charge in [-0.1, -0.05) is 42.0 Å². The molecule has 0 spiro atoms. The number of aliphatic imine (C=N–C) groups is 1. The Labute approximate surface area is 191 Å². The van der Waals surface area contributed by atoms with E-state index in [1.54, 1.807) is 0 Å². The van der Waals surface area contributed by atoms with Gasteiger partial charge in [0.2, 0.25) is 0 Å². The molecule has 1 heterocycles. The molecule has 0 atom stereocenters. The zero-order valence-corrected chi connectivity index (χ0v) is 19.5. The summed E-state index contributed by atoms with van der Waals surface area (Å²) >= 11 is 0. The van der Waals surface area contributed by atoms with Crippen molar-refractivity contribution in [1.82, 2.24) is 10.6 Å². The molecule has 0 fully saturated rings. The maximum Gasteiger partial charge on any atom is 0.191 e. The smallest absolute Gasteiger partial charge is 0.191 e. The monoisotopic (exact) mass is 509 g/mol. The first-order valence-electron chi connectivity index (χ1n) is 10.2. The molecule has 29 heavy (non-hydrogen) atoms. The number of rotatable bonds is 9. The van der Waals surface area contributed by atoms with E-state index < -0.39 is 0 Å². The molecule has 2 aromatic rings. The van der Waals surface area contributed by atoms with Gasteiger partial charge in [0.1, 0.15) is 5.75 Å². The van der Waals surface area contributed by atoms with E-state index in [1.165, 1.54) is 16.3 Å². The van der Waals surface area contributed by atoms with Crippen molar-refractivity contribution in [1.29, 1.82) is 0 Å². The van der Waals surface area contributed by atoms with Crippen LogP contribution in [0.3, 0.4) is 0 Å². The van der Waals surface area contributed by atoms with Crippen LogP contribution in [0.4, 0.5) is 0 Å². The van der Waals surface area contributed by atoms with Crippen LogP contribution in [0.1, 0.15) is 26.2 Å². The number of nitrogens with one attached hydrogen (secondary N) is 2. The first-order valence-corrected chi connectivity index (χ1v) is 10.2. The molecule has 0 aliphatic carbocycles. The number of hydrogen-bond donors (Lipinski definition) is 2. The Hall–Kier alpha value is -1.80. The molecule has 0 amide bonds. The molecule has 0 unspecified atom stereocenters. The van der Waals surface area contributed by atoms with Crippen molar-refractivity contribution >= 4 is 40.7 Å². The van der Waals surface area contributed by atoms with Crippen LogP contribution in [0.5, 0.6) is 5.75 Å². The summed E-state index contributed by atoms with van der Waals surface area (Å²) in [6.45, 7) is 6.83. The van der Waals surface area contributed by atoms with Gasteiger partial charge in [-0.3, -0.25) is 4.99 Å². The molecular formula is C23H32IN3O2.